The molecule has 14 nitrogen and oxygen atoms in total. The van der Waals surface area contributed by atoms with Crippen LogP contribution in [-0.2, 0) is 25.4 Å². The molecule has 3 aliphatic rings. The van der Waals surface area contributed by atoms with Crippen LogP contribution in [0.3, 0.4) is 0 Å². The van der Waals surface area contributed by atoms with Crippen LogP contribution in [0.1, 0.15) is 24.2 Å². The smallest absolute Gasteiger partial charge is 0.231 e. The maximum absolute atomic E-state index is 13.7. The summed E-state index contributed by atoms with van der Waals surface area (Å²) in [6, 6.07) is 11.2. The Kier molecular flexibility index (Phi) is 11.2. The number of halogens is 1. The van der Waals surface area contributed by atoms with Gasteiger partial charge in [-0.2, -0.15) is 0 Å². The van der Waals surface area contributed by atoms with Crippen molar-refractivity contribution in [1.29, 1.82) is 0 Å². The van der Waals surface area contributed by atoms with Gasteiger partial charge in [-0.1, -0.05) is 18.2 Å². The molecular formula is C30H40FNO13. The second-order valence-electron chi connectivity index (χ2n) is 11.4. The molecule has 0 amide bonds. The van der Waals surface area contributed by atoms with E-state index in [0.29, 0.717) is 23.5 Å². The SMILES string of the molecule is CC(Cc1ccc2c(c1)OCO2)NC[C@H](O[C@@H]1O[C@H](CO[C@@H]2O[C@H](CO)[C@@H](O)[C@H](O)[C@H]2O)[C@@H](O)[C@H](O)[C@H]1O)c1ccc(F)cc1. The molecule has 0 bridgehead atoms. The Hall–Kier alpha value is -2.51. The second-order valence-corrected chi connectivity index (χ2v) is 11.4. The van der Waals surface area contributed by atoms with Gasteiger partial charge in [0.05, 0.1) is 19.3 Å². The lowest BCUT2D eigenvalue weighted by Crippen LogP contribution is -2.62. The highest BCUT2D eigenvalue weighted by atomic mass is 19.1. The van der Waals surface area contributed by atoms with Crippen LogP contribution in [-0.4, -0.2) is 130 Å². The molecule has 2 aromatic carbocycles. The van der Waals surface area contributed by atoms with Gasteiger partial charge in [0.25, 0.3) is 0 Å². The molecule has 8 N–H and O–H groups in total. The largest absolute Gasteiger partial charge is 0.454 e. The van der Waals surface area contributed by atoms with Crippen molar-refractivity contribution in [3.8, 4) is 11.5 Å². The molecule has 0 aromatic heterocycles. The van der Waals surface area contributed by atoms with Crippen LogP contribution in [0.5, 0.6) is 11.5 Å². The van der Waals surface area contributed by atoms with Crippen molar-refractivity contribution in [3.63, 3.8) is 0 Å². The van der Waals surface area contributed by atoms with E-state index in [1.54, 1.807) is 0 Å². The first kappa shape index (κ1) is 33.8. The highest BCUT2D eigenvalue weighted by Crippen LogP contribution is 2.33. The van der Waals surface area contributed by atoms with Gasteiger partial charge in [0.1, 0.15) is 54.6 Å². The number of hydrogen-bond acceptors (Lipinski definition) is 14. The Bertz CT molecular complexity index is 1240. The van der Waals surface area contributed by atoms with Crippen molar-refractivity contribution in [2.24, 2.45) is 0 Å². The molecule has 3 aliphatic heterocycles. The van der Waals surface area contributed by atoms with E-state index in [1.165, 1.54) is 24.3 Å². The summed E-state index contributed by atoms with van der Waals surface area (Å²) in [7, 11) is 0. The summed E-state index contributed by atoms with van der Waals surface area (Å²) in [4.78, 5) is 0. The van der Waals surface area contributed by atoms with Crippen molar-refractivity contribution in [3.05, 3.63) is 59.4 Å². The number of hydrogen-bond donors (Lipinski definition) is 8. The van der Waals surface area contributed by atoms with Gasteiger partial charge in [-0.3, -0.25) is 0 Å². The summed E-state index contributed by atoms with van der Waals surface area (Å²) in [5.74, 6) is 0.889. The number of rotatable bonds is 12. The number of benzene rings is 2. The first-order valence-electron chi connectivity index (χ1n) is 14.7. The van der Waals surface area contributed by atoms with Crippen LogP contribution in [0.4, 0.5) is 4.39 Å². The van der Waals surface area contributed by atoms with Gasteiger partial charge in [-0.05, 0) is 48.7 Å². The van der Waals surface area contributed by atoms with Crippen LogP contribution in [0, 0.1) is 5.82 Å². The van der Waals surface area contributed by atoms with Crippen molar-refractivity contribution in [2.45, 2.75) is 86.9 Å². The Labute approximate surface area is 258 Å². The lowest BCUT2D eigenvalue weighted by atomic mass is 9.98. The second kappa shape index (κ2) is 14.9. The van der Waals surface area contributed by atoms with Crippen LogP contribution < -0.4 is 14.8 Å². The standard InChI is InChI=1S/C30H40FNO13/c1-14(8-15-2-7-18-19(9-15)42-13-41-18)32-10-20(16-3-5-17(31)6-4-16)43-30-28(39)26(37)24(35)22(45-30)12-40-29-27(38)25(36)23(34)21(11-33)44-29/h2-7,9,14,20-30,32-39H,8,10-13H2,1H3/t14?,20-,21+,22+,23+,24+,25-,26-,27+,28+,29+,30+/m0/s1. The third-order valence-electron chi connectivity index (χ3n) is 8.11. The third kappa shape index (κ3) is 7.90. The van der Waals surface area contributed by atoms with E-state index in [4.69, 9.17) is 28.4 Å². The fraction of sp³-hybridized carbons (Fsp3) is 0.600. The van der Waals surface area contributed by atoms with Gasteiger partial charge in [0, 0.05) is 12.6 Å². The summed E-state index contributed by atoms with van der Waals surface area (Å²) < 4.78 is 47.3. The molecule has 0 radical (unpaired) electrons. The molecular weight excluding hydrogens is 601 g/mol. The predicted octanol–water partition coefficient (Wildman–Crippen LogP) is -1.54. The van der Waals surface area contributed by atoms with E-state index < -0.39 is 86.5 Å². The summed E-state index contributed by atoms with van der Waals surface area (Å²) in [5, 5.41) is 75.0. The normalized spacial score (nSPS) is 34.4. The lowest BCUT2D eigenvalue weighted by Gasteiger charge is -2.43. The Balaban J connectivity index is 1.24. The van der Waals surface area contributed by atoms with E-state index in [2.05, 4.69) is 5.32 Å². The molecule has 5 rings (SSSR count). The molecule has 0 saturated carbocycles. The van der Waals surface area contributed by atoms with E-state index in [9.17, 15) is 40.1 Å². The molecule has 2 aromatic rings. The first-order valence-corrected chi connectivity index (χ1v) is 14.7. The monoisotopic (exact) mass is 641 g/mol. The molecule has 0 spiro atoms. The average molecular weight is 642 g/mol. The van der Waals surface area contributed by atoms with Gasteiger partial charge in [-0.15, -0.1) is 0 Å². The van der Waals surface area contributed by atoms with Crippen LogP contribution in [0.2, 0.25) is 0 Å². The minimum Gasteiger partial charge on any atom is -0.454 e. The van der Waals surface area contributed by atoms with Crippen molar-refractivity contribution >= 4 is 0 Å². The number of aliphatic hydroxyl groups is 7. The minimum absolute atomic E-state index is 0.0683. The molecule has 0 aliphatic carbocycles. The van der Waals surface area contributed by atoms with E-state index in [-0.39, 0.29) is 19.4 Å². The van der Waals surface area contributed by atoms with Crippen molar-refractivity contribution in [1.82, 2.24) is 5.32 Å². The van der Waals surface area contributed by atoms with Crippen molar-refractivity contribution in [2.75, 3.05) is 26.6 Å². The Morgan fingerprint density at radius 1 is 0.822 bits per heavy atom. The first-order chi connectivity index (χ1) is 21.5. The van der Waals surface area contributed by atoms with Gasteiger partial charge < -0.3 is 69.5 Å². The van der Waals surface area contributed by atoms with Gasteiger partial charge in [0.2, 0.25) is 6.79 Å². The van der Waals surface area contributed by atoms with Gasteiger partial charge in [-0.25, -0.2) is 4.39 Å². The molecule has 3 heterocycles. The van der Waals surface area contributed by atoms with Crippen molar-refractivity contribution < 1.29 is 68.6 Å². The Morgan fingerprint density at radius 2 is 1.47 bits per heavy atom. The lowest BCUT2D eigenvalue weighted by molar-refractivity contribution is -0.336. The number of nitrogens with one attached hydrogen (secondary N) is 1. The number of fused-ring (bicyclic) bond motifs is 1. The van der Waals surface area contributed by atoms with Crippen LogP contribution >= 0.6 is 0 Å². The summed E-state index contributed by atoms with van der Waals surface area (Å²) in [6.07, 6.45) is -15.7. The van der Waals surface area contributed by atoms with Crippen LogP contribution in [0.25, 0.3) is 0 Å². The molecule has 15 heteroatoms. The average Bonchev–Trinajstić information content (AvgIpc) is 3.50. The summed E-state index contributed by atoms with van der Waals surface area (Å²) in [6.45, 7) is 1.16. The molecule has 45 heavy (non-hydrogen) atoms. The summed E-state index contributed by atoms with van der Waals surface area (Å²) in [5.41, 5.74) is 1.55. The topological polar surface area (TPSA) is 209 Å². The molecule has 2 fully saturated rings. The molecule has 12 atom stereocenters. The Morgan fingerprint density at radius 3 is 2.18 bits per heavy atom. The zero-order valence-corrected chi connectivity index (χ0v) is 24.5. The molecule has 250 valence electrons. The van der Waals surface area contributed by atoms with Gasteiger partial charge in [0.15, 0.2) is 24.1 Å². The van der Waals surface area contributed by atoms with E-state index in [1.807, 2.05) is 25.1 Å². The highest BCUT2D eigenvalue weighted by Gasteiger charge is 2.48. The fourth-order valence-corrected chi connectivity index (χ4v) is 5.45. The third-order valence-corrected chi connectivity index (χ3v) is 8.11. The number of ether oxygens (including phenoxy) is 6. The minimum atomic E-state index is -1.72. The van der Waals surface area contributed by atoms with E-state index >= 15 is 0 Å². The van der Waals surface area contributed by atoms with Gasteiger partial charge >= 0.3 is 0 Å². The zero-order chi connectivity index (χ0) is 32.2. The zero-order valence-electron chi connectivity index (χ0n) is 24.5. The molecule has 1 unspecified atom stereocenters. The number of aliphatic hydroxyl groups excluding tert-OH is 7. The fourth-order valence-electron chi connectivity index (χ4n) is 5.45. The van der Waals surface area contributed by atoms with Crippen LogP contribution in [0.15, 0.2) is 42.5 Å². The highest BCUT2D eigenvalue weighted by molar-refractivity contribution is 5.44. The van der Waals surface area contributed by atoms with E-state index in [0.717, 1.165) is 5.56 Å². The maximum Gasteiger partial charge on any atom is 0.231 e. The summed E-state index contributed by atoms with van der Waals surface area (Å²) >= 11 is 0. The predicted molar refractivity (Wildman–Crippen MR) is 150 cm³/mol. The molecule has 2 saturated heterocycles. The maximum atomic E-state index is 13.7. The quantitative estimate of drug-likeness (QED) is 0.132.